The van der Waals surface area contributed by atoms with Crippen LogP contribution in [0.15, 0.2) is 78.9 Å². The topological polar surface area (TPSA) is 41.1 Å². The summed E-state index contributed by atoms with van der Waals surface area (Å²) < 4.78 is 0. The van der Waals surface area contributed by atoms with Crippen LogP contribution in [0.25, 0.3) is 0 Å². The van der Waals surface area contributed by atoms with Crippen LogP contribution in [0.5, 0.6) is 0 Å². The summed E-state index contributed by atoms with van der Waals surface area (Å²) in [5, 5.41) is 6.34. The van der Waals surface area contributed by atoms with Crippen LogP contribution in [0.2, 0.25) is 0 Å². The van der Waals surface area contributed by atoms with Crippen LogP contribution in [0, 0.1) is 13.8 Å². The molecule has 0 bridgehead atoms. The van der Waals surface area contributed by atoms with E-state index in [1.165, 1.54) is 5.56 Å². The molecule has 3 aromatic rings. The van der Waals surface area contributed by atoms with E-state index in [9.17, 15) is 4.79 Å². The lowest BCUT2D eigenvalue weighted by Gasteiger charge is -2.20. The molecular formula is C22H22N2O. The number of benzene rings is 3. The zero-order chi connectivity index (χ0) is 17.6. The molecule has 0 aliphatic rings. The molecule has 25 heavy (non-hydrogen) atoms. The number of amides is 1. The van der Waals surface area contributed by atoms with E-state index in [4.69, 9.17) is 0 Å². The molecule has 0 heterocycles. The van der Waals surface area contributed by atoms with Crippen molar-refractivity contribution in [2.45, 2.75) is 19.9 Å². The zero-order valence-electron chi connectivity index (χ0n) is 14.5. The predicted octanol–water partition coefficient (Wildman–Crippen LogP) is 5.10. The molecular weight excluding hydrogens is 308 g/mol. The summed E-state index contributed by atoms with van der Waals surface area (Å²) in [6.07, 6.45) is 0. The number of anilines is 2. The minimum atomic E-state index is -0.467. The average molecular weight is 330 g/mol. The Hall–Kier alpha value is -3.07. The molecule has 3 rings (SSSR count). The van der Waals surface area contributed by atoms with Crippen LogP contribution in [0.3, 0.4) is 0 Å². The zero-order valence-corrected chi connectivity index (χ0v) is 14.5. The van der Waals surface area contributed by atoms with Crippen molar-refractivity contribution in [2.24, 2.45) is 0 Å². The van der Waals surface area contributed by atoms with Gasteiger partial charge in [0.1, 0.15) is 6.04 Å². The van der Waals surface area contributed by atoms with Gasteiger partial charge in [-0.25, -0.2) is 0 Å². The van der Waals surface area contributed by atoms with Gasteiger partial charge in [-0.1, -0.05) is 65.7 Å². The Labute approximate surface area is 148 Å². The highest BCUT2D eigenvalue weighted by molar-refractivity contribution is 5.97. The third-order valence-electron chi connectivity index (χ3n) is 4.08. The normalized spacial score (nSPS) is 11.6. The van der Waals surface area contributed by atoms with Crippen LogP contribution in [0.4, 0.5) is 11.4 Å². The third kappa shape index (κ3) is 4.48. The number of hydrogen-bond acceptors (Lipinski definition) is 2. The van der Waals surface area contributed by atoms with Gasteiger partial charge in [-0.15, -0.1) is 0 Å². The average Bonchev–Trinajstić information content (AvgIpc) is 2.64. The number of carbonyl (C=O) groups is 1. The van der Waals surface area contributed by atoms with E-state index in [1.807, 2.05) is 92.7 Å². The molecule has 2 N–H and O–H groups in total. The molecule has 0 fully saturated rings. The largest absolute Gasteiger partial charge is 0.370 e. The minimum absolute atomic E-state index is 0.0874. The molecule has 0 saturated heterocycles. The minimum Gasteiger partial charge on any atom is -0.370 e. The van der Waals surface area contributed by atoms with Gasteiger partial charge in [0.25, 0.3) is 5.91 Å². The summed E-state index contributed by atoms with van der Waals surface area (Å²) in [7, 11) is 0. The Kier molecular flexibility index (Phi) is 5.14. The van der Waals surface area contributed by atoms with E-state index in [-0.39, 0.29) is 5.91 Å². The molecule has 3 heteroatoms. The first-order valence-electron chi connectivity index (χ1n) is 8.37. The highest BCUT2D eigenvalue weighted by atomic mass is 16.2. The van der Waals surface area contributed by atoms with Crippen molar-refractivity contribution in [3.8, 4) is 0 Å². The molecule has 126 valence electrons. The Morgan fingerprint density at radius 1 is 0.720 bits per heavy atom. The van der Waals surface area contributed by atoms with Crippen molar-refractivity contribution >= 4 is 17.3 Å². The van der Waals surface area contributed by atoms with Crippen LogP contribution >= 0.6 is 0 Å². The second-order valence-electron chi connectivity index (χ2n) is 6.21. The maximum absolute atomic E-state index is 12.9. The van der Waals surface area contributed by atoms with Gasteiger partial charge in [0, 0.05) is 11.4 Å². The van der Waals surface area contributed by atoms with Crippen molar-refractivity contribution in [3.05, 3.63) is 95.6 Å². The number of aryl methyl sites for hydroxylation is 2. The number of hydrogen-bond donors (Lipinski definition) is 2. The van der Waals surface area contributed by atoms with Crippen molar-refractivity contribution in [2.75, 3.05) is 10.6 Å². The monoisotopic (exact) mass is 330 g/mol. The van der Waals surface area contributed by atoms with E-state index in [2.05, 4.69) is 10.6 Å². The Bertz CT molecular complexity index is 824. The van der Waals surface area contributed by atoms with Crippen LogP contribution in [-0.2, 0) is 4.79 Å². The van der Waals surface area contributed by atoms with Crippen LogP contribution in [-0.4, -0.2) is 5.91 Å². The molecule has 3 aromatic carbocycles. The fourth-order valence-corrected chi connectivity index (χ4v) is 2.61. The highest BCUT2D eigenvalue weighted by Crippen LogP contribution is 2.22. The van der Waals surface area contributed by atoms with Crippen molar-refractivity contribution in [1.29, 1.82) is 0 Å². The molecule has 1 amide bonds. The van der Waals surface area contributed by atoms with Crippen LogP contribution in [0.1, 0.15) is 22.7 Å². The number of carbonyl (C=O) groups excluding carboxylic acids is 1. The lowest BCUT2D eigenvalue weighted by atomic mass is 10.1. The quantitative estimate of drug-likeness (QED) is 0.684. The van der Waals surface area contributed by atoms with Gasteiger partial charge < -0.3 is 10.6 Å². The second kappa shape index (κ2) is 7.67. The van der Waals surface area contributed by atoms with Crippen molar-refractivity contribution < 1.29 is 4.79 Å². The summed E-state index contributed by atoms with van der Waals surface area (Å²) in [5.41, 5.74) is 4.98. The molecule has 0 spiro atoms. The number of nitrogens with one attached hydrogen (secondary N) is 2. The van der Waals surface area contributed by atoms with Gasteiger partial charge in [0.2, 0.25) is 0 Å². The Morgan fingerprint density at radius 2 is 1.24 bits per heavy atom. The summed E-state index contributed by atoms with van der Waals surface area (Å²) in [4.78, 5) is 12.9. The first-order chi connectivity index (χ1) is 12.1. The Morgan fingerprint density at radius 3 is 1.80 bits per heavy atom. The van der Waals surface area contributed by atoms with E-state index in [0.29, 0.717) is 0 Å². The maximum Gasteiger partial charge on any atom is 0.251 e. The van der Waals surface area contributed by atoms with Gasteiger partial charge in [0.15, 0.2) is 0 Å². The summed E-state index contributed by atoms with van der Waals surface area (Å²) >= 11 is 0. The van der Waals surface area contributed by atoms with Gasteiger partial charge >= 0.3 is 0 Å². The first kappa shape index (κ1) is 16.8. The van der Waals surface area contributed by atoms with Crippen molar-refractivity contribution in [1.82, 2.24) is 0 Å². The number of rotatable bonds is 5. The van der Waals surface area contributed by atoms with E-state index >= 15 is 0 Å². The molecule has 0 unspecified atom stereocenters. The van der Waals surface area contributed by atoms with Gasteiger partial charge in [-0.3, -0.25) is 4.79 Å². The summed E-state index contributed by atoms with van der Waals surface area (Å²) in [6, 6.07) is 25.1. The molecule has 3 nitrogen and oxygen atoms in total. The van der Waals surface area contributed by atoms with Gasteiger partial charge in [-0.05, 0) is 43.7 Å². The second-order valence-corrected chi connectivity index (χ2v) is 6.21. The molecule has 0 aromatic heterocycles. The molecule has 0 radical (unpaired) electrons. The molecule has 1 atom stereocenters. The molecule has 0 aliphatic carbocycles. The van der Waals surface area contributed by atoms with Crippen LogP contribution < -0.4 is 10.6 Å². The lowest BCUT2D eigenvalue weighted by Crippen LogP contribution is -2.27. The fourth-order valence-electron chi connectivity index (χ4n) is 2.61. The smallest absolute Gasteiger partial charge is 0.251 e. The molecule has 0 saturated carbocycles. The standard InChI is InChI=1S/C22H22N2O/c1-16-8-12-19(13-9-16)23-21(18-6-4-3-5-7-18)22(25)24-20-14-10-17(2)11-15-20/h3-15,21,23H,1-2H3,(H,24,25)/t21-/m0/s1. The Balaban J connectivity index is 1.83. The van der Waals surface area contributed by atoms with Crippen molar-refractivity contribution in [3.63, 3.8) is 0 Å². The SMILES string of the molecule is Cc1ccc(NC(=O)[C@@H](Nc2ccc(C)cc2)c2ccccc2)cc1. The van der Waals surface area contributed by atoms with Gasteiger partial charge in [0.05, 0.1) is 0 Å². The van der Waals surface area contributed by atoms with E-state index in [1.54, 1.807) is 0 Å². The maximum atomic E-state index is 12.9. The highest BCUT2D eigenvalue weighted by Gasteiger charge is 2.20. The van der Waals surface area contributed by atoms with E-state index in [0.717, 1.165) is 22.5 Å². The summed E-state index contributed by atoms with van der Waals surface area (Å²) in [6.45, 7) is 4.07. The van der Waals surface area contributed by atoms with E-state index < -0.39 is 6.04 Å². The lowest BCUT2D eigenvalue weighted by molar-refractivity contribution is -0.117. The van der Waals surface area contributed by atoms with Gasteiger partial charge in [-0.2, -0.15) is 0 Å². The fraction of sp³-hybridized carbons (Fsp3) is 0.136. The summed E-state index contributed by atoms with van der Waals surface area (Å²) in [5.74, 6) is -0.0874. The third-order valence-corrected chi connectivity index (χ3v) is 4.08. The predicted molar refractivity (Wildman–Crippen MR) is 104 cm³/mol. The first-order valence-corrected chi connectivity index (χ1v) is 8.37. The molecule has 0 aliphatic heterocycles.